The van der Waals surface area contributed by atoms with Gasteiger partial charge in [0.15, 0.2) is 0 Å². The molecular formula is C12H13N7. The molecule has 1 aromatic heterocycles. The number of nitriles is 1. The van der Waals surface area contributed by atoms with Crippen LogP contribution >= 0.6 is 0 Å². The summed E-state index contributed by atoms with van der Waals surface area (Å²) in [6.45, 7) is 0.787. The van der Waals surface area contributed by atoms with Crippen molar-refractivity contribution in [2.75, 3.05) is 12.4 Å². The minimum atomic E-state index is 0.265. The van der Waals surface area contributed by atoms with Gasteiger partial charge in [0.1, 0.15) is 11.6 Å². The first kappa shape index (κ1) is 12.7. The van der Waals surface area contributed by atoms with Gasteiger partial charge in [-0.3, -0.25) is 0 Å². The smallest absolute Gasteiger partial charge is 0.216 e. The number of anilines is 1. The molecule has 0 aliphatic carbocycles. The number of hydrogen-bond acceptors (Lipinski definition) is 6. The summed E-state index contributed by atoms with van der Waals surface area (Å²) in [5.74, 6) is 0.265. The van der Waals surface area contributed by atoms with E-state index >= 15 is 0 Å². The molecular weight excluding hydrogens is 242 g/mol. The molecule has 0 bridgehead atoms. The molecule has 2 rings (SSSR count). The van der Waals surface area contributed by atoms with Gasteiger partial charge in [0.05, 0.1) is 0 Å². The van der Waals surface area contributed by atoms with Gasteiger partial charge in [-0.15, -0.1) is 10.2 Å². The predicted molar refractivity (Wildman–Crippen MR) is 70.6 cm³/mol. The maximum Gasteiger partial charge on any atom is 0.216 e. The summed E-state index contributed by atoms with van der Waals surface area (Å²) in [7, 11) is 1.89. The van der Waals surface area contributed by atoms with Crippen LogP contribution in [-0.2, 0) is 6.54 Å². The van der Waals surface area contributed by atoms with Gasteiger partial charge in [0.2, 0.25) is 5.82 Å². The minimum Gasteiger partial charge on any atom is -0.360 e. The number of aromatic amines is 1. The third-order valence-corrected chi connectivity index (χ3v) is 2.40. The zero-order valence-corrected chi connectivity index (χ0v) is 10.4. The average Bonchev–Trinajstić information content (AvgIpc) is 2.94. The Morgan fingerprint density at radius 3 is 3.11 bits per heavy atom. The molecule has 1 heterocycles. The van der Waals surface area contributed by atoms with E-state index in [2.05, 4.69) is 31.3 Å². The van der Waals surface area contributed by atoms with Gasteiger partial charge in [-0.05, 0) is 30.0 Å². The van der Waals surface area contributed by atoms with E-state index in [4.69, 9.17) is 5.26 Å². The Morgan fingerprint density at radius 1 is 1.53 bits per heavy atom. The topological polar surface area (TPSA) is 102 Å². The van der Waals surface area contributed by atoms with Gasteiger partial charge in [-0.1, -0.05) is 12.1 Å². The van der Waals surface area contributed by atoms with Crippen molar-refractivity contribution in [3.05, 3.63) is 41.9 Å². The number of hydrogen-bond donors (Lipinski definition) is 3. The highest BCUT2D eigenvalue weighted by molar-refractivity contribution is 5.74. The fourth-order valence-corrected chi connectivity index (χ4v) is 1.55. The van der Waals surface area contributed by atoms with Crippen molar-refractivity contribution in [3.63, 3.8) is 0 Å². The molecule has 0 aliphatic rings. The molecule has 0 amide bonds. The molecule has 7 heteroatoms. The lowest BCUT2D eigenvalue weighted by Crippen LogP contribution is -2.05. The fourth-order valence-electron chi connectivity index (χ4n) is 1.55. The van der Waals surface area contributed by atoms with Crippen LogP contribution in [0.5, 0.6) is 0 Å². The first-order valence-corrected chi connectivity index (χ1v) is 5.67. The maximum absolute atomic E-state index is 9.02. The molecule has 2 aromatic rings. The molecule has 96 valence electrons. The second kappa shape index (κ2) is 6.28. The first-order valence-electron chi connectivity index (χ1n) is 5.67. The van der Waals surface area contributed by atoms with Crippen LogP contribution in [0.1, 0.15) is 11.4 Å². The summed E-state index contributed by atoms with van der Waals surface area (Å²) >= 11 is 0. The van der Waals surface area contributed by atoms with Gasteiger partial charge >= 0.3 is 0 Å². The second-order valence-electron chi connectivity index (χ2n) is 3.78. The van der Waals surface area contributed by atoms with E-state index in [0.29, 0.717) is 5.57 Å². The second-order valence-corrected chi connectivity index (χ2v) is 3.78. The summed E-state index contributed by atoms with van der Waals surface area (Å²) in [6, 6.07) is 9.90. The molecule has 0 unspecified atom stereocenters. The van der Waals surface area contributed by atoms with Crippen LogP contribution in [0.2, 0.25) is 0 Å². The zero-order chi connectivity index (χ0) is 13.5. The normalized spacial score (nSPS) is 11.1. The van der Waals surface area contributed by atoms with Crippen molar-refractivity contribution in [2.45, 2.75) is 6.54 Å². The van der Waals surface area contributed by atoms with E-state index in [1.165, 1.54) is 0 Å². The van der Waals surface area contributed by atoms with Crippen LogP contribution in [0.25, 0.3) is 5.57 Å². The Bertz CT molecular complexity index is 595. The summed E-state index contributed by atoms with van der Waals surface area (Å²) < 4.78 is 0. The van der Waals surface area contributed by atoms with Crippen molar-refractivity contribution in [1.29, 1.82) is 5.26 Å². The standard InChI is InChI=1S/C12H13N7/c1-14-7-9-3-2-4-11(5-9)15-8-10(6-13)12-16-18-19-17-12/h2-5,8,14-15H,7H2,1H3,(H,16,17,18,19). The Labute approximate surface area is 110 Å². The van der Waals surface area contributed by atoms with Crippen LogP contribution in [0, 0.1) is 11.3 Å². The van der Waals surface area contributed by atoms with E-state index < -0.39 is 0 Å². The summed E-state index contributed by atoms with van der Waals surface area (Å²) in [5, 5.41) is 28.4. The van der Waals surface area contributed by atoms with Crippen molar-refractivity contribution >= 4 is 11.3 Å². The lowest BCUT2D eigenvalue weighted by molar-refractivity contribution is 0.818. The number of aromatic nitrogens is 4. The van der Waals surface area contributed by atoms with Gasteiger partial charge < -0.3 is 10.6 Å². The number of nitrogens with one attached hydrogen (secondary N) is 3. The van der Waals surface area contributed by atoms with E-state index in [-0.39, 0.29) is 5.82 Å². The van der Waals surface area contributed by atoms with Gasteiger partial charge in [-0.25, -0.2) is 0 Å². The van der Waals surface area contributed by atoms with Crippen LogP contribution in [-0.4, -0.2) is 27.7 Å². The Morgan fingerprint density at radius 2 is 2.42 bits per heavy atom. The molecule has 1 aromatic carbocycles. The lowest BCUT2D eigenvalue weighted by Gasteiger charge is -2.04. The molecule has 7 nitrogen and oxygen atoms in total. The highest BCUT2D eigenvalue weighted by Crippen LogP contribution is 2.12. The van der Waals surface area contributed by atoms with Gasteiger partial charge in [-0.2, -0.15) is 10.5 Å². The largest absolute Gasteiger partial charge is 0.360 e. The summed E-state index contributed by atoms with van der Waals surface area (Å²) in [4.78, 5) is 0. The van der Waals surface area contributed by atoms with Crippen LogP contribution < -0.4 is 10.6 Å². The highest BCUT2D eigenvalue weighted by atomic mass is 15.5. The number of H-pyrrole nitrogens is 1. The molecule has 19 heavy (non-hydrogen) atoms. The Hall–Kier alpha value is -2.72. The molecule has 0 radical (unpaired) electrons. The number of nitrogens with zero attached hydrogens (tertiary/aromatic N) is 4. The lowest BCUT2D eigenvalue weighted by atomic mass is 10.2. The zero-order valence-electron chi connectivity index (χ0n) is 10.4. The molecule has 0 saturated carbocycles. The van der Waals surface area contributed by atoms with Crippen LogP contribution in [0.15, 0.2) is 30.5 Å². The van der Waals surface area contributed by atoms with Crippen molar-refractivity contribution < 1.29 is 0 Å². The van der Waals surface area contributed by atoms with E-state index in [1.807, 2.05) is 37.4 Å². The SMILES string of the molecule is CNCc1cccc(NC=C(C#N)c2nn[nH]n2)c1. The van der Waals surface area contributed by atoms with Gasteiger partial charge in [0, 0.05) is 18.4 Å². The Kier molecular flexibility index (Phi) is 4.21. The quantitative estimate of drug-likeness (QED) is 0.686. The monoisotopic (exact) mass is 255 g/mol. The fraction of sp³-hybridized carbons (Fsp3) is 0.167. The van der Waals surface area contributed by atoms with Crippen molar-refractivity contribution in [1.82, 2.24) is 25.9 Å². The van der Waals surface area contributed by atoms with Gasteiger partial charge in [0.25, 0.3) is 0 Å². The van der Waals surface area contributed by atoms with E-state index in [1.54, 1.807) is 6.20 Å². The number of allylic oxidation sites excluding steroid dienone is 1. The third-order valence-electron chi connectivity index (χ3n) is 2.40. The maximum atomic E-state index is 9.02. The summed E-state index contributed by atoms with van der Waals surface area (Å²) in [5.41, 5.74) is 2.36. The molecule has 0 aliphatic heterocycles. The van der Waals surface area contributed by atoms with Crippen molar-refractivity contribution in [3.8, 4) is 6.07 Å². The van der Waals surface area contributed by atoms with Crippen molar-refractivity contribution in [2.24, 2.45) is 0 Å². The average molecular weight is 255 g/mol. The molecule has 0 fully saturated rings. The third kappa shape index (κ3) is 3.37. The van der Waals surface area contributed by atoms with E-state index in [0.717, 1.165) is 17.8 Å². The predicted octanol–water partition coefficient (Wildman–Crippen LogP) is 0.896. The highest BCUT2D eigenvalue weighted by Gasteiger charge is 2.05. The number of tetrazole rings is 1. The van der Waals surface area contributed by atoms with E-state index in [9.17, 15) is 0 Å². The molecule has 0 saturated heterocycles. The number of rotatable bonds is 5. The molecule has 0 spiro atoms. The molecule has 3 N–H and O–H groups in total. The minimum absolute atomic E-state index is 0.265. The summed E-state index contributed by atoms with van der Waals surface area (Å²) in [6.07, 6.45) is 1.56. The number of benzene rings is 1. The first-order chi connectivity index (χ1) is 9.33. The Balaban J connectivity index is 2.13. The van der Waals surface area contributed by atoms with Crippen LogP contribution in [0.4, 0.5) is 5.69 Å². The molecule has 0 atom stereocenters. The van der Waals surface area contributed by atoms with Crippen LogP contribution in [0.3, 0.4) is 0 Å².